The summed E-state index contributed by atoms with van der Waals surface area (Å²) >= 11 is 0. The number of nitrogens with one attached hydrogen (secondary N) is 2. The molecule has 1 aliphatic heterocycles. The number of amides is 1. The Morgan fingerprint density at radius 3 is 2.58 bits per heavy atom. The summed E-state index contributed by atoms with van der Waals surface area (Å²) in [6.07, 6.45) is 3.17. The van der Waals surface area contributed by atoms with Crippen LogP contribution in [0.25, 0.3) is 16.8 Å². The molecule has 0 saturated heterocycles. The van der Waals surface area contributed by atoms with Crippen LogP contribution in [0.2, 0.25) is 0 Å². The fraction of sp³-hybridized carbons (Fsp3) is 0.208. The summed E-state index contributed by atoms with van der Waals surface area (Å²) in [4.78, 5) is 28.5. The van der Waals surface area contributed by atoms with Crippen LogP contribution in [0.1, 0.15) is 28.9 Å². The molecular weight excluding hydrogens is 427 g/mol. The number of carbonyl (C=O) groups is 1. The number of ether oxygens (including phenoxy) is 2. The molecule has 33 heavy (non-hydrogen) atoms. The third kappa shape index (κ3) is 3.42. The maximum Gasteiger partial charge on any atom is 0.274 e. The Morgan fingerprint density at radius 2 is 1.82 bits per heavy atom. The first-order valence-corrected chi connectivity index (χ1v) is 10.6. The lowest BCUT2D eigenvalue weighted by Gasteiger charge is -2.18. The van der Waals surface area contributed by atoms with E-state index in [0.717, 1.165) is 24.0 Å². The summed E-state index contributed by atoms with van der Waals surface area (Å²) in [5, 5.41) is 7.34. The fourth-order valence-electron chi connectivity index (χ4n) is 4.13. The lowest BCUT2D eigenvalue weighted by Crippen LogP contribution is -2.35. The summed E-state index contributed by atoms with van der Waals surface area (Å²) in [5.41, 5.74) is 1.61. The van der Waals surface area contributed by atoms with E-state index in [1.54, 1.807) is 30.5 Å². The average molecular weight is 446 g/mol. The molecule has 3 heterocycles. The van der Waals surface area contributed by atoms with Gasteiger partial charge in [0.15, 0.2) is 17.2 Å². The average Bonchev–Trinajstić information content (AvgIpc) is 3.46. The molecule has 1 saturated carbocycles. The van der Waals surface area contributed by atoms with E-state index < -0.39 is 5.54 Å². The maximum atomic E-state index is 13.3. The van der Waals surface area contributed by atoms with Gasteiger partial charge in [-0.25, -0.2) is 8.91 Å². The van der Waals surface area contributed by atoms with Crippen LogP contribution in [0.4, 0.5) is 4.39 Å². The summed E-state index contributed by atoms with van der Waals surface area (Å²) in [6.45, 7) is 0.957. The smallest absolute Gasteiger partial charge is 0.274 e. The van der Waals surface area contributed by atoms with Crippen molar-refractivity contribution in [2.75, 3.05) is 13.2 Å². The molecule has 6 rings (SSSR count). The highest BCUT2D eigenvalue weighted by Crippen LogP contribution is 2.45. The predicted molar refractivity (Wildman–Crippen MR) is 117 cm³/mol. The van der Waals surface area contributed by atoms with E-state index in [0.29, 0.717) is 30.4 Å². The standard InChI is InChI=1S/C24H19FN4O4/c25-16-4-2-15(3-5-16)24(7-8-24)27-22(30)17-12-19-23(31)26-18(13-29(19)28-17)14-1-6-20-21(11-14)33-10-9-32-20/h1-6,11-13H,7-10H2,(H,26,31)(H,27,30). The van der Waals surface area contributed by atoms with Crippen molar-refractivity contribution in [3.63, 3.8) is 0 Å². The Kier molecular flexibility index (Phi) is 4.26. The molecule has 1 amide bonds. The van der Waals surface area contributed by atoms with Crippen LogP contribution in [0.3, 0.4) is 0 Å². The molecule has 0 bridgehead atoms. The SMILES string of the molecule is O=C(NC1(c2ccc(F)cc2)CC1)c1cc2c(=O)[nH]c(-c3ccc4c(c3)OCCO4)cn2n1. The van der Waals surface area contributed by atoms with Gasteiger partial charge in [-0.1, -0.05) is 12.1 Å². The number of hydrogen-bond donors (Lipinski definition) is 2. The van der Waals surface area contributed by atoms with E-state index in [1.807, 2.05) is 6.07 Å². The van der Waals surface area contributed by atoms with E-state index in [9.17, 15) is 14.0 Å². The topological polar surface area (TPSA) is 97.7 Å². The van der Waals surface area contributed by atoms with Crippen molar-refractivity contribution in [3.8, 4) is 22.8 Å². The second kappa shape index (κ2) is 7.19. The number of H-pyrrole nitrogens is 1. The van der Waals surface area contributed by atoms with Gasteiger partial charge in [0.2, 0.25) is 0 Å². The first-order chi connectivity index (χ1) is 16.0. The van der Waals surface area contributed by atoms with Crippen LogP contribution in [0.5, 0.6) is 11.5 Å². The summed E-state index contributed by atoms with van der Waals surface area (Å²) in [7, 11) is 0. The Hall–Kier alpha value is -4.14. The van der Waals surface area contributed by atoms with Gasteiger partial charge in [0.25, 0.3) is 11.5 Å². The third-order valence-corrected chi connectivity index (χ3v) is 6.05. The summed E-state index contributed by atoms with van der Waals surface area (Å²) in [6, 6.07) is 13.0. The van der Waals surface area contributed by atoms with Gasteiger partial charge < -0.3 is 19.8 Å². The first kappa shape index (κ1) is 19.5. The van der Waals surface area contributed by atoms with E-state index in [2.05, 4.69) is 15.4 Å². The zero-order chi connectivity index (χ0) is 22.6. The molecule has 0 atom stereocenters. The van der Waals surface area contributed by atoms with Crippen LogP contribution < -0.4 is 20.3 Å². The molecule has 2 aromatic heterocycles. The largest absolute Gasteiger partial charge is 0.486 e. The Morgan fingerprint density at radius 1 is 1.06 bits per heavy atom. The zero-order valence-electron chi connectivity index (χ0n) is 17.4. The van der Waals surface area contributed by atoms with E-state index in [1.165, 1.54) is 22.7 Å². The van der Waals surface area contributed by atoms with Crippen LogP contribution in [0, 0.1) is 5.82 Å². The minimum Gasteiger partial charge on any atom is -0.486 e. The number of fused-ring (bicyclic) bond motifs is 2. The number of halogens is 1. The van der Waals surface area contributed by atoms with E-state index in [4.69, 9.17) is 9.47 Å². The van der Waals surface area contributed by atoms with Gasteiger partial charge in [-0.2, -0.15) is 5.10 Å². The number of benzene rings is 2. The van der Waals surface area contributed by atoms with Gasteiger partial charge in [-0.15, -0.1) is 0 Å². The summed E-state index contributed by atoms with van der Waals surface area (Å²) in [5.74, 6) is 0.549. The molecule has 4 aromatic rings. The van der Waals surface area contributed by atoms with Gasteiger partial charge >= 0.3 is 0 Å². The molecule has 1 aliphatic carbocycles. The number of hydrogen-bond acceptors (Lipinski definition) is 5. The highest BCUT2D eigenvalue weighted by atomic mass is 19.1. The van der Waals surface area contributed by atoms with Crippen LogP contribution in [-0.2, 0) is 5.54 Å². The Labute approximate surface area is 187 Å². The summed E-state index contributed by atoms with van der Waals surface area (Å²) < 4.78 is 25.8. The van der Waals surface area contributed by atoms with Crippen LogP contribution in [0.15, 0.2) is 59.5 Å². The van der Waals surface area contributed by atoms with Crippen molar-refractivity contribution in [1.29, 1.82) is 0 Å². The Bertz CT molecular complexity index is 1450. The van der Waals surface area contributed by atoms with Gasteiger partial charge in [-0.3, -0.25) is 9.59 Å². The minimum absolute atomic E-state index is 0.133. The predicted octanol–water partition coefficient (Wildman–Crippen LogP) is 3.02. The Balaban J connectivity index is 1.30. The number of aromatic amines is 1. The monoisotopic (exact) mass is 446 g/mol. The molecular formula is C24H19FN4O4. The number of rotatable bonds is 4. The van der Waals surface area contributed by atoms with Crippen molar-refractivity contribution < 1.29 is 18.7 Å². The maximum absolute atomic E-state index is 13.3. The van der Waals surface area contributed by atoms with Crippen LogP contribution >= 0.6 is 0 Å². The molecule has 166 valence electrons. The number of nitrogens with zero attached hydrogens (tertiary/aromatic N) is 2. The number of aromatic nitrogens is 3. The van der Waals surface area contributed by atoms with Gasteiger partial charge in [0, 0.05) is 11.6 Å². The second-order valence-electron chi connectivity index (χ2n) is 8.26. The van der Waals surface area contributed by atoms with Gasteiger partial charge in [0.1, 0.15) is 24.5 Å². The molecule has 0 spiro atoms. The van der Waals surface area contributed by atoms with E-state index in [-0.39, 0.29) is 28.5 Å². The van der Waals surface area contributed by atoms with Crippen molar-refractivity contribution in [1.82, 2.24) is 19.9 Å². The molecule has 2 aliphatic rings. The van der Waals surface area contributed by atoms with Crippen LogP contribution in [-0.4, -0.2) is 33.7 Å². The molecule has 9 heteroatoms. The molecule has 0 radical (unpaired) electrons. The van der Waals surface area contributed by atoms with Gasteiger partial charge in [0.05, 0.1) is 17.4 Å². The first-order valence-electron chi connectivity index (χ1n) is 10.6. The normalized spacial score (nSPS) is 15.9. The van der Waals surface area contributed by atoms with Crippen molar-refractivity contribution >= 4 is 11.4 Å². The highest BCUT2D eigenvalue weighted by Gasteiger charge is 2.46. The van der Waals surface area contributed by atoms with Gasteiger partial charge in [-0.05, 0) is 48.7 Å². The quantitative estimate of drug-likeness (QED) is 0.502. The molecule has 0 unspecified atom stereocenters. The fourth-order valence-corrected chi connectivity index (χ4v) is 4.13. The lowest BCUT2D eigenvalue weighted by atomic mass is 10.0. The molecule has 2 N–H and O–H groups in total. The van der Waals surface area contributed by atoms with E-state index >= 15 is 0 Å². The molecule has 8 nitrogen and oxygen atoms in total. The van der Waals surface area contributed by atoms with Crippen molar-refractivity contribution in [3.05, 3.63) is 82.2 Å². The van der Waals surface area contributed by atoms with Crippen molar-refractivity contribution in [2.45, 2.75) is 18.4 Å². The molecule has 1 fully saturated rings. The second-order valence-corrected chi connectivity index (χ2v) is 8.26. The highest BCUT2D eigenvalue weighted by molar-refractivity contribution is 5.94. The number of carbonyl (C=O) groups excluding carboxylic acids is 1. The molecule has 2 aromatic carbocycles. The zero-order valence-corrected chi connectivity index (χ0v) is 17.4. The van der Waals surface area contributed by atoms with Crippen molar-refractivity contribution in [2.24, 2.45) is 0 Å². The lowest BCUT2D eigenvalue weighted by molar-refractivity contribution is 0.0925. The third-order valence-electron chi connectivity index (χ3n) is 6.05. The minimum atomic E-state index is -0.524.